The summed E-state index contributed by atoms with van der Waals surface area (Å²) in [5.41, 5.74) is 0. The molecular formula is C10H16O3. The normalized spacial score (nSPS) is 28.8. The van der Waals surface area contributed by atoms with Crippen molar-refractivity contribution in [3.05, 3.63) is 12.7 Å². The minimum absolute atomic E-state index is 0.233. The van der Waals surface area contributed by atoms with Gasteiger partial charge in [-0.2, -0.15) is 0 Å². The monoisotopic (exact) mass is 184 g/mol. The fraction of sp³-hybridized carbons (Fsp3) is 0.700. The van der Waals surface area contributed by atoms with E-state index in [9.17, 15) is 9.90 Å². The van der Waals surface area contributed by atoms with Crippen LogP contribution in [-0.4, -0.2) is 23.8 Å². The van der Waals surface area contributed by atoms with Crippen molar-refractivity contribution in [2.45, 2.75) is 25.9 Å². The zero-order chi connectivity index (χ0) is 9.84. The van der Waals surface area contributed by atoms with Crippen LogP contribution in [0.5, 0.6) is 0 Å². The van der Waals surface area contributed by atoms with Gasteiger partial charge in [-0.15, -0.1) is 6.58 Å². The number of aliphatic hydroxyl groups is 1. The maximum absolute atomic E-state index is 10.5. The molecule has 0 spiro atoms. The number of carbonyl (C=O) groups excluding carboxylic acids is 1. The molecule has 0 amide bonds. The number of carbonyl (C=O) groups is 1. The van der Waals surface area contributed by atoms with Crippen LogP contribution in [0.15, 0.2) is 12.7 Å². The van der Waals surface area contributed by atoms with Crippen LogP contribution in [0.25, 0.3) is 0 Å². The van der Waals surface area contributed by atoms with Gasteiger partial charge in [0.2, 0.25) is 0 Å². The van der Waals surface area contributed by atoms with Crippen LogP contribution in [0.4, 0.5) is 0 Å². The molecule has 3 atom stereocenters. The van der Waals surface area contributed by atoms with Crippen LogP contribution in [0.3, 0.4) is 0 Å². The molecule has 1 fully saturated rings. The minimum atomic E-state index is -0.450. The first-order valence-electron chi connectivity index (χ1n) is 4.59. The third-order valence-corrected chi connectivity index (χ3v) is 2.66. The van der Waals surface area contributed by atoms with E-state index in [1.807, 2.05) is 0 Å². The maximum atomic E-state index is 10.5. The van der Waals surface area contributed by atoms with Gasteiger partial charge in [0.1, 0.15) is 0 Å². The van der Waals surface area contributed by atoms with E-state index in [1.54, 1.807) is 6.08 Å². The van der Waals surface area contributed by atoms with Gasteiger partial charge < -0.3 is 9.84 Å². The molecule has 0 bridgehead atoms. The molecule has 0 heterocycles. The molecule has 3 unspecified atom stereocenters. The van der Waals surface area contributed by atoms with Crippen LogP contribution < -0.4 is 0 Å². The van der Waals surface area contributed by atoms with Gasteiger partial charge in [-0.05, 0) is 24.7 Å². The van der Waals surface area contributed by atoms with Crippen molar-refractivity contribution in [3.8, 4) is 0 Å². The van der Waals surface area contributed by atoms with Gasteiger partial charge in [0.05, 0.1) is 12.7 Å². The van der Waals surface area contributed by atoms with E-state index in [0.717, 1.165) is 12.8 Å². The van der Waals surface area contributed by atoms with E-state index in [-0.39, 0.29) is 11.9 Å². The first kappa shape index (κ1) is 10.3. The van der Waals surface area contributed by atoms with E-state index in [4.69, 9.17) is 4.74 Å². The smallest absolute Gasteiger partial charge is 0.302 e. The number of ether oxygens (including phenoxy) is 1. The predicted octanol–water partition coefficient (Wildman–Crippen LogP) is 1.12. The second-order valence-corrected chi connectivity index (χ2v) is 3.53. The lowest BCUT2D eigenvalue weighted by molar-refractivity contribution is -0.145. The molecule has 3 heteroatoms. The molecule has 3 nitrogen and oxygen atoms in total. The third-order valence-electron chi connectivity index (χ3n) is 2.66. The van der Waals surface area contributed by atoms with Crippen molar-refractivity contribution in [2.24, 2.45) is 11.8 Å². The summed E-state index contributed by atoms with van der Waals surface area (Å²) in [7, 11) is 0. The average Bonchev–Trinajstić information content (AvgIpc) is 2.01. The summed E-state index contributed by atoms with van der Waals surface area (Å²) >= 11 is 0. The summed E-state index contributed by atoms with van der Waals surface area (Å²) in [5, 5.41) is 9.45. The Morgan fingerprint density at radius 2 is 2.46 bits per heavy atom. The van der Waals surface area contributed by atoms with Crippen LogP contribution in [0, 0.1) is 11.8 Å². The molecule has 1 N–H and O–H groups in total. The highest BCUT2D eigenvalue weighted by Gasteiger charge is 2.35. The Bertz CT molecular complexity index is 200. The number of hydrogen-bond acceptors (Lipinski definition) is 3. The van der Waals surface area contributed by atoms with Crippen molar-refractivity contribution in [3.63, 3.8) is 0 Å². The standard InChI is InChI=1S/C10H16O3/c1-3-10(12)9-5-4-8(9)6-13-7(2)11/h3,8-10,12H,1,4-6H2,2H3. The van der Waals surface area contributed by atoms with E-state index >= 15 is 0 Å². The third kappa shape index (κ3) is 2.56. The Morgan fingerprint density at radius 3 is 2.85 bits per heavy atom. The molecule has 0 radical (unpaired) electrons. The zero-order valence-corrected chi connectivity index (χ0v) is 7.90. The zero-order valence-electron chi connectivity index (χ0n) is 7.90. The van der Waals surface area contributed by atoms with Gasteiger partial charge in [0.25, 0.3) is 0 Å². The van der Waals surface area contributed by atoms with Gasteiger partial charge in [0, 0.05) is 6.92 Å². The molecular weight excluding hydrogens is 168 g/mol. The fourth-order valence-electron chi connectivity index (χ4n) is 1.65. The molecule has 0 aromatic carbocycles. The summed E-state index contributed by atoms with van der Waals surface area (Å²) < 4.78 is 4.89. The van der Waals surface area contributed by atoms with E-state index < -0.39 is 6.10 Å². The minimum Gasteiger partial charge on any atom is -0.466 e. The Kier molecular flexibility index (Phi) is 3.48. The van der Waals surface area contributed by atoms with Crippen molar-refractivity contribution >= 4 is 5.97 Å². The fourth-order valence-corrected chi connectivity index (χ4v) is 1.65. The highest BCUT2D eigenvalue weighted by Crippen LogP contribution is 2.37. The average molecular weight is 184 g/mol. The van der Waals surface area contributed by atoms with Crippen LogP contribution in [-0.2, 0) is 9.53 Å². The molecule has 0 aromatic heterocycles. The molecule has 1 saturated carbocycles. The molecule has 0 saturated heterocycles. The van der Waals surface area contributed by atoms with Gasteiger partial charge in [-0.1, -0.05) is 6.08 Å². The lowest BCUT2D eigenvalue weighted by atomic mass is 9.71. The SMILES string of the molecule is C=CC(O)C1CCC1COC(C)=O. The van der Waals surface area contributed by atoms with Gasteiger partial charge in [-0.3, -0.25) is 4.79 Å². The van der Waals surface area contributed by atoms with E-state index in [0.29, 0.717) is 12.5 Å². The lowest BCUT2D eigenvalue weighted by Crippen LogP contribution is -2.37. The number of esters is 1. The quantitative estimate of drug-likeness (QED) is 0.526. The first-order chi connectivity index (χ1) is 6.15. The number of hydrogen-bond donors (Lipinski definition) is 1. The summed E-state index contributed by atoms with van der Waals surface area (Å²) in [5.74, 6) is 0.299. The van der Waals surface area contributed by atoms with Gasteiger partial charge >= 0.3 is 5.97 Å². The topological polar surface area (TPSA) is 46.5 Å². The summed E-state index contributed by atoms with van der Waals surface area (Å²) in [6, 6.07) is 0. The number of rotatable bonds is 4. The molecule has 1 aliphatic carbocycles. The first-order valence-corrected chi connectivity index (χ1v) is 4.59. The highest BCUT2D eigenvalue weighted by atomic mass is 16.5. The summed E-state index contributed by atoms with van der Waals surface area (Å²) in [6.45, 7) is 5.37. The number of aliphatic hydroxyl groups excluding tert-OH is 1. The Balaban J connectivity index is 2.28. The maximum Gasteiger partial charge on any atom is 0.302 e. The van der Waals surface area contributed by atoms with Crippen LogP contribution in [0.2, 0.25) is 0 Å². The van der Waals surface area contributed by atoms with Crippen molar-refractivity contribution in [1.29, 1.82) is 0 Å². The van der Waals surface area contributed by atoms with Crippen LogP contribution in [0.1, 0.15) is 19.8 Å². The second kappa shape index (κ2) is 4.42. The van der Waals surface area contributed by atoms with Gasteiger partial charge in [-0.25, -0.2) is 0 Å². The van der Waals surface area contributed by atoms with E-state index in [2.05, 4.69) is 6.58 Å². The predicted molar refractivity (Wildman–Crippen MR) is 49.1 cm³/mol. The Labute approximate surface area is 78.4 Å². The van der Waals surface area contributed by atoms with E-state index in [1.165, 1.54) is 6.92 Å². The molecule has 13 heavy (non-hydrogen) atoms. The summed E-state index contributed by atoms with van der Waals surface area (Å²) in [4.78, 5) is 10.5. The molecule has 1 aliphatic rings. The largest absolute Gasteiger partial charge is 0.466 e. The molecule has 74 valence electrons. The molecule has 0 aromatic rings. The second-order valence-electron chi connectivity index (χ2n) is 3.53. The van der Waals surface area contributed by atoms with Crippen molar-refractivity contribution in [2.75, 3.05) is 6.61 Å². The summed E-state index contributed by atoms with van der Waals surface area (Å²) in [6.07, 6.45) is 3.13. The Hall–Kier alpha value is -0.830. The highest BCUT2D eigenvalue weighted by molar-refractivity contribution is 5.65. The lowest BCUT2D eigenvalue weighted by Gasteiger charge is -2.38. The Morgan fingerprint density at radius 1 is 1.77 bits per heavy atom. The van der Waals surface area contributed by atoms with Crippen LogP contribution >= 0.6 is 0 Å². The van der Waals surface area contributed by atoms with Crippen molar-refractivity contribution < 1.29 is 14.6 Å². The van der Waals surface area contributed by atoms with Crippen molar-refractivity contribution in [1.82, 2.24) is 0 Å². The molecule has 1 rings (SSSR count). The van der Waals surface area contributed by atoms with Gasteiger partial charge in [0.15, 0.2) is 0 Å². The molecule has 0 aliphatic heterocycles.